The van der Waals surface area contributed by atoms with Gasteiger partial charge in [-0.15, -0.1) is 0 Å². The fourth-order valence-corrected chi connectivity index (χ4v) is 2.43. The van der Waals surface area contributed by atoms with Crippen molar-refractivity contribution < 1.29 is 14.7 Å². The molecule has 1 aliphatic rings. The molecule has 18 heavy (non-hydrogen) atoms. The van der Waals surface area contributed by atoms with Crippen LogP contribution >= 0.6 is 0 Å². The van der Waals surface area contributed by atoms with Gasteiger partial charge in [-0.25, -0.2) is 4.98 Å². The minimum Gasteiger partial charge on any atom is -0.481 e. The number of carboxylic acid groups (broad SMARTS) is 1. The summed E-state index contributed by atoms with van der Waals surface area (Å²) in [5, 5.41) is 12.0. The largest absolute Gasteiger partial charge is 0.481 e. The molecule has 1 heterocycles. The Labute approximate surface area is 105 Å². The number of aryl methyl sites for hydroxylation is 1. The smallest absolute Gasteiger partial charge is 0.311 e. The van der Waals surface area contributed by atoms with Crippen molar-refractivity contribution in [2.45, 2.75) is 25.7 Å². The Morgan fingerprint density at radius 2 is 2.17 bits per heavy atom. The number of carboxylic acids is 1. The van der Waals surface area contributed by atoms with Gasteiger partial charge in [0, 0.05) is 13.6 Å². The van der Waals surface area contributed by atoms with Crippen LogP contribution in [0.15, 0.2) is 12.5 Å². The molecule has 0 bridgehead atoms. The summed E-state index contributed by atoms with van der Waals surface area (Å²) in [6.07, 6.45) is 6.10. The summed E-state index contributed by atoms with van der Waals surface area (Å²) in [5.74, 6) is -1.09. The number of carbonyl (C=O) groups is 2. The van der Waals surface area contributed by atoms with Crippen molar-refractivity contribution in [2.75, 3.05) is 6.54 Å². The van der Waals surface area contributed by atoms with Gasteiger partial charge < -0.3 is 15.0 Å². The molecule has 98 valence electrons. The van der Waals surface area contributed by atoms with Crippen molar-refractivity contribution >= 4 is 11.9 Å². The Kier molecular flexibility index (Phi) is 3.36. The van der Waals surface area contributed by atoms with Crippen LogP contribution in [0.3, 0.4) is 0 Å². The molecule has 6 nitrogen and oxygen atoms in total. The van der Waals surface area contributed by atoms with Crippen molar-refractivity contribution in [3.05, 3.63) is 18.2 Å². The molecule has 6 heteroatoms. The number of nitrogens with one attached hydrogen (secondary N) is 1. The number of hydrogen-bond donors (Lipinski definition) is 2. The van der Waals surface area contributed by atoms with Gasteiger partial charge in [0.25, 0.3) is 5.91 Å². The van der Waals surface area contributed by atoms with E-state index in [0.29, 0.717) is 18.5 Å². The minimum absolute atomic E-state index is 0.187. The first-order valence-corrected chi connectivity index (χ1v) is 6.03. The molecule has 0 spiro atoms. The number of imidazole rings is 1. The van der Waals surface area contributed by atoms with Gasteiger partial charge in [-0.2, -0.15) is 0 Å². The number of hydrogen-bond acceptors (Lipinski definition) is 3. The number of carbonyl (C=O) groups excluding carboxylic acids is 1. The SMILES string of the molecule is Cn1cncc1C(=O)NCC1(C(=O)O)CCCC1. The Morgan fingerprint density at radius 1 is 1.50 bits per heavy atom. The van der Waals surface area contributed by atoms with Crippen LogP contribution in [0.5, 0.6) is 0 Å². The van der Waals surface area contributed by atoms with E-state index < -0.39 is 11.4 Å². The molecule has 0 aliphatic heterocycles. The van der Waals surface area contributed by atoms with Crippen LogP contribution in [0.25, 0.3) is 0 Å². The third-order valence-corrected chi connectivity index (χ3v) is 3.65. The third kappa shape index (κ3) is 2.23. The van der Waals surface area contributed by atoms with Crippen molar-refractivity contribution in [1.82, 2.24) is 14.9 Å². The second-order valence-corrected chi connectivity index (χ2v) is 4.87. The van der Waals surface area contributed by atoms with Crippen LogP contribution in [0, 0.1) is 5.41 Å². The lowest BCUT2D eigenvalue weighted by molar-refractivity contribution is -0.148. The van der Waals surface area contributed by atoms with E-state index in [4.69, 9.17) is 0 Å². The highest BCUT2D eigenvalue weighted by Crippen LogP contribution is 2.37. The first-order chi connectivity index (χ1) is 8.55. The lowest BCUT2D eigenvalue weighted by atomic mass is 9.86. The number of rotatable bonds is 4. The highest BCUT2D eigenvalue weighted by molar-refractivity contribution is 5.92. The summed E-state index contributed by atoms with van der Waals surface area (Å²) < 4.78 is 1.61. The fourth-order valence-electron chi connectivity index (χ4n) is 2.43. The Balaban J connectivity index is 2.01. The molecular formula is C12H17N3O3. The van der Waals surface area contributed by atoms with E-state index in [1.807, 2.05) is 0 Å². The van der Waals surface area contributed by atoms with Gasteiger partial charge in [-0.1, -0.05) is 12.8 Å². The molecule has 1 aromatic rings. The normalized spacial score (nSPS) is 17.6. The summed E-state index contributed by atoms with van der Waals surface area (Å²) >= 11 is 0. The van der Waals surface area contributed by atoms with Crippen molar-refractivity contribution in [3.8, 4) is 0 Å². The Hall–Kier alpha value is -1.85. The van der Waals surface area contributed by atoms with Crippen molar-refractivity contribution in [3.63, 3.8) is 0 Å². The highest BCUT2D eigenvalue weighted by Gasteiger charge is 2.41. The first-order valence-electron chi connectivity index (χ1n) is 6.03. The zero-order valence-corrected chi connectivity index (χ0v) is 10.3. The topological polar surface area (TPSA) is 84.2 Å². The quantitative estimate of drug-likeness (QED) is 0.828. The van der Waals surface area contributed by atoms with E-state index >= 15 is 0 Å². The summed E-state index contributed by atoms with van der Waals surface area (Å²) in [5.41, 5.74) is -0.345. The minimum atomic E-state index is -0.815. The zero-order chi connectivity index (χ0) is 13.2. The summed E-state index contributed by atoms with van der Waals surface area (Å²) in [6.45, 7) is 0.187. The van der Waals surface area contributed by atoms with Crippen molar-refractivity contribution in [2.24, 2.45) is 12.5 Å². The molecule has 1 saturated carbocycles. The van der Waals surface area contributed by atoms with E-state index in [1.165, 1.54) is 12.5 Å². The summed E-state index contributed by atoms with van der Waals surface area (Å²) in [6, 6.07) is 0. The average molecular weight is 251 g/mol. The molecule has 1 amide bonds. The molecule has 0 atom stereocenters. The molecule has 2 rings (SSSR count). The van der Waals surface area contributed by atoms with Crippen LogP contribution in [0.1, 0.15) is 36.2 Å². The molecule has 1 aromatic heterocycles. The summed E-state index contributed by atoms with van der Waals surface area (Å²) in [4.78, 5) is 27.1. The van der Waals surface area contributed by atoms with Gasteiger partial charge in [-0.3, -0.25) is 9.59 Å². The monoisotopic (exact) mass is 251 g/mol. The molecule has 0 saturated heterocycles. The molecule has 0 radical (unpaired) electrons. The van der Waals surface area contributed by atoms with Gasteiger partial charge >= 0.3 is 5.97 Å². The van der Waals surface area contributed by atoms with Gasteiger partial charge in [0.05, 0.1) is 17.9 Å². The molecule has 1 fully saturated rings. The van der Waals surface area contributed by atoms with Gasteiger partial charge in [0.15, 0.2) is 0 Å². The van der Waals surface area contributed by atoms with Crippen LogP contribution < -0.4 is 5.32 Å². The van der Waals surface area contributed by atoms with E-state index in [9.17, 15) is 14.7 Å². The van der Waals surface area contributed by atoms with E-state index in [1.54, 1.807) is 11.6 Å². The second kappa shape index (κ2) is 4.80. The Morgan fingerprint density at radius 3 is 2.67 bits per heavy atom. The molecule has 1 aliphatic carbocycles. The maximum atomic E-state index is 11.9. The maximum absolute atomic E-state index is 11.9. The zero-order valence-electron chi connectivity index (χ0n) is 10.3. The first kappa shape index (κ1) is 12.6. The molecular weight excluding hydrogens is 234 g/mol. The molecule has 0 aromatic carbocycles. The van der Waals surface area contributed by atoms with Crippen LogP contribution in [0.4, 0.5) is 0 Å². The van der Waals surface area contributed by atoms with Gasteiger partial charge in [-0.05, 0) is 12.8 Å². The fraction of sp³-hybridized carbons (Fsp3) is 0.583. The van der Waals surface area contributed by atoms with E-state index in [2.05, 4.69) is 10.3 Å². The molecule has 2 N–H and O–H groups in total. The van der Waals surface area contributed by atoms with Crippen LogP contribution in [-0.2, 0) is 11.8 Å². The second-order valence-electron chi connectivity index (χ2n) is 4.87. The van der Waals surface area contributed by atoms with E-state index in [0.717, 1.165) is 12.8 Å². The summed E-state index contributed by atoms with van der Waals surface area (Å²) in [7, 11) is 1.73. The lowest BCUT2D eigenvalue weighted by Gasteiger charge is -2.23. The maximum Gasteiger partial charge on any atom is 0.311 e. The van der Waals surface area contributed by atoms with Gasteiger partial charge in [0.1, 0.15) is 5.69 Å². The van der Waals surface area contributed by atoms with E-state index in [-0.39, 0.29) is 12.5 Å². The predicted molar refractivity (Wildman–Crippen MR) is 64.1 cm³/mol. The number of aliphatic carboxylic acids is 1. The van der Waals surface area contributed by atoms with Crippen molar-refractivity contribution in [1.29, 1.82) is 0 Å². The third-order valence-electron chi connectivity index (χ3n) is 3.65. The highest BCUT2D eigenvalue weighted by atomic mass is 16.4. The number of nitrogens with zero attached hydrogens (tertiary/aromatic N) is 2. The van der Waals surface area contributed by atoms with Crippen LogP contribution in [-0.4, -0.2) is 33.1 Å². The standard InChI is InChI=1S/C12H17N3O3/c1-15-8-13-6-9(15)10(16)14-7-12(11(17)18)4-2-3-5-12/h6,8H,2-5,7H2,1H3,(H,14,16)(H,17,18). The number of aromatic nitrogens is 2. The van der Waals surface area contributed by atoms with Crippen LogP contribution in [0.2, 0.25) is 0 Å². The Bertz CT molecular complexity index is 461. The average Bonchev–Trinajstić information content (AvgIpc) is 2.95. The number of amides is 1. The molecule has 0 unspecified atom stereocenters. The lowest BCUT2D eigenvalue weighted by Crippen LogP contribution is -2.41. The van der Waals surface area contributed by atoms with Gasteiger partial charge in [0.2, 0.25) is 0 Å². The predicted octanol–water partition coefficient (Wildman–Crippen LogP) is 0.795.